The van der Waals surface area contributed by atoms with Crippen LogP contribution in [-0.4, -0.2) is 27.3 Å². The Morgan fingerprint density at radius 3 is 2.39 bits per heavy atom. The van der Waals surface area contributed by atoms with Gasteiger partial charge in [-0.1, -0.05) is 48.5 Å². The fourth-order valence-electron chi connectivity index (χ4n) is 3.35. The normalized spacial score (nSPS) is 10.7. The Bertz CT molecular complexity index is 1360. The largest absolute Gasteiger partial charge is 0.462 e. The number of carbonyl (C=O) groups excluding carboxylic acids is 1. The molecule has 8 heteroatoms. The van der Waals surface area contributed by atoms with Crippen LogP contribution in [0.25, 0.3) is 27.7 Å². The van der Waals surface area contributed by atoms with Crippen molar-refractivity contribution in [1.82, 2.24) is 9.78 Å². The Kier molecular flexibility index (Phi) is 5.28. The van der Waals surface area contributed by atoms with E-state index >= 15 is 0 Å². The van der Waals surface area contributed by atoms with Gasteiger partial charge in [0.25, 0.3) is 11.2 Å². The summed E-state index contributed by atoms with van der Waals surface area (Å²) in [5.74, 6) is -0.680. The molecule has 0 fully saturated rings. The highest BCUT2D eigenvalue weighted by molar-refractivity contribution is 5.94. The lowest BCUT2D eigenvalue weighted by molar-refractivity contribution is -0.384. The summed E-state index contributed by atoms with van der Waals surface area (Å²) in [6.07, 6.45) is 0. The Balaban J connectivity index is 2.01. The highest BCUT2D eigenvalue weighted by Crippen LogP contribution is 2.28. The molecule has 0 spiro atoms. The molecular weight excluding hydrogens is 398 g/mol. The average Bonchev–Trinajstić information content (AvgIpc) is 2.80. The van der Waals surface area contributed by atoms with Gasteiger partial charge >= 0.3 is 5.97 Å². The molecule has 31 heavy (non-hydrogen) atoms. The van der Waals surface area contributed by atoms with Gasteiger partial charge in [-0.3, -0.25) is 14.9 Å². The monoisotopic (exact) mass is 415 g/mol. The molecule has 0 N–H and O–H groups in total. The molecule has 0 saturated heterocycles. The topological polar surface area (TPSA) is 104 Å². The molecule has 0 amide bonds. The zero-order valence-electron chi connectivity index (χ0n) is 16.5. The number of benzene rings is 3. The molecule has 0 aliphatic carbocycles. The van der Waals surface area contributed by atoms with Gasteiger partial charge in [0.1, 0.15) is 5.69 Å². The van der Waals surface area contributed by atoms with Crippen molar-refractivity contribution in [2.24, 2.45) is 0 Å². The van der Waals surface area contributed by atoms with Crippen LogP contribution in [0.2, 0.25) is 0 Å². The summed E-state index contributed by atoms with van der Waals surface area (Å²) < 4.78 is 5.93. The number of nitro groups is 1. The summed E-state index contributed by atoms with van der Waals surface area (Å²) >= 11 is 0. The lowest BCUT2D eigenvalue weighted by Gasteiger charge is -2.12. The molecule has 154 valence electrons. The van der Waals surface area contributed by atoms with Crippen LogP contribution in [0.5, 0.6) is 0 Å². The van der Waals surface area contributed by atoms with Crippen molar-refractivity contribution >= 4 is 22.4 Å². The molecule has 0 aliphatic heterocycles. The number of carbonyl (C=O) groups is 1. The third kappa shape index (κ3) is 3.66. The van der Waals surface area contributed by atoms with Crippen LogP contribution < -0.4 is 5.56 Å². The maximum absolute atomic E-state index is 13.2. The summed E-state index contributed by atoms with van der Waals surface area (Å²) in [5, 5.41) is 17.3. The van der Waals surface area contributed by atoms with Crippen LogP contribution in [0.4, 0.5) is 5.69 Å². The van der Waals surface area contributed by atoms with Gasteiger partial charge in [0.05, 0.1) is 28.2 Å². The quantitative estimate of drug-likeness (QED) is 0.276. The van der Waals surface area contributed by atoms with E-state index in [2.05, 4.69) is 5.10 Å². The first kappa shape index (κ1) is 20.0. The van der Waals surface area contributed by atoms with Crippen molar-refractivity contribution in [2.75, 3.05) is 6.61 Å². The minimum absolute atomic E-state index is 0.0226. The highest BCUT2D eigenvalue weighted by Gasteiger charge is 2.23. The number of aromatic nitrogens is 2. The van der Waals surface area contributed by atoms with Crippen molar-refractivity contribution in [3.8, 4) is 16.9 Å². The lowest BCUT2D eigenvalue weighted by atomic mass is 10.0. The summed E-state index contributed by atoms with van der Waals surface area (Å²) in [5.41, 5.74) is 0.343. The predicted molar refractivity (Wildman–Crippen MR) is 115 cm³/mol. The van der Waals surface area contributed by atoms with Crippen LogP contribution in [0, 0.1) is 10.1 Å². The van der Waals surface area contributed by atoms with Crippen molar-refractivity contribution in [1.29, 1.82) is 0 Å². The van der Waals surface area contributed by atoms with Crippen molar-refractivity contribution in [2.45, 2.75) is 6.92 Å². The van der Waals surface area contributed by atoms with Crippen LogP contribution >= 0.6 is 0 Å². The molecule has 1 heterocycles. The molecule has 4 aromatic rings. The number of hydrogen-bond donors (Lipinski definition) is 0. The van der Waals surface area contributed by atoms with Crippen LogP contribution in [0.15, 0.2) is 77.6 Å². The van der Waals surface area contributed by atoms with Gasteiger partial charge in [-0.2, -0.15) is 9.78 Å². The van der Waals surface area contributed by atoms with Gasteiger partial charge in [-0.15, -0.1) is 0 Å². The van der Waals surface area contributed by atoms with Gasteiger partial charge in [0.2, 0.25) is 0 Å². The first-order chi connectivity index (χ1) is 15.0. The highest BCUT2D eigenvalue weighted by atomic mass is 16.6. The molecule has 8 nitrogen and oxygen atoms in total. The fraction of sp³-hybridized carbons (Fsp3) is 0.0870. The molecule has 1 aromatic heterocycles. The summed E-state index contributed by atoms with van der Waals surface area (Å²) in [6.45, 7) is 1.78. The summed E-state index contributed by atoms with van der Waals surface area (Å²) in [6, 6.07) is 20.0. The lowest BCUT2D eigenvalue weighted by Crippen LogP contribution is -2.23. The smallest absolute Gasteiger partial charge is 0.338 e. The number of rotatable bonds is 5. The van der Waals surface area contributed by atoms with Gasteiger partial charge in [-0.05, 0) is 25.1 Å². The summed E-state index contributed by atoms with van der Waals surface area (Å²) in [7, 11) is 0. The molecule has 0 unspecified atom stereocenters. The van der Waals surface area contributed by atoms with Gasteiger partial charge in [0.15, 0.2) is 0 Å². The SMILES string of the molecule is CCOC(=O)c1ccc(-n2nc(-c3ccccc3)c3ccccc3c2=O)c([N+](=O)[O-])c1. The third-order valence-electron chi connectivity index (χ3n) is 4.76. The number of nitro benzene ring substituents is 1. The first-order valence-electron chi connectivity index (χ1n) is 9.54. The van der Waals surface area contributed by atoms with Crippen LogP contribution in [0.3, 0.4) is 0 Å². The standard InChI is InChI=1S/C23H17N3O5/c1-2-31-23(28)16-12-13-19(20(14-16)26(29)30)25-22(27)18-11-7-6-10-17(18)21(24-25)15-8-4-3-5-9-15/h3-14H,2H2,1H3. The number of hydrogen-bond acceptors (Lipinski definition) is 6. The molecule has 3 aromatic carbocycles. The van der Waals surface area contributed by atoms with E-state index in [1.807, 2.05) is 30.3 Å². The Morgan fingerprint density at radius 2 is 1.71 bits per heavy atom. The van der Waals surface area contributed by atoms with E-state index in [0.717, 1.165) is 16.3 Å². The molecule has 4 rings (SSSR count). The van der Waals surface area contributed by atoms with E-state index in [1.54, 1.807) is 31.2 Å². The first-order valence-corrected chi connectivity index (χ1v) is 9.54. The van der Waals surface area contributed by atoms with Crippen molar-refractivity contribution in [3.05, 3.63) is 98.8 Å². The average molecular weight is 415 g/mol. The minimum atomic E-state index is -0.680. The van der Waals surface area contributed by atoms with Gasteiger partial charge < -0.3 is 4.74 Å². The number of ether oxygens (including phenoxy) is 1. The molecule has 0 bridgehead atoms. The summed E-state index contributed by atoms with van der Waals surface area (Å²) in [4.78, 5) is 36.3. The molecule has 0 atom stereocenters. The zero-order chi connectivity index (χ0) is 22.0. The zero-order valence-corrected chi connectivity index (χ0v) is 16.5. The Hall–Kier alpha value is -4.33. The minimum Gasteiger partial charge on any atom is -0.462 e. The second-order valence-electron chi connectivity index (χ2n) is 6.66. The molecule has 0 saturated carbocycles. The van der Waals surface area contributed by atoms with E-state index in [1.165, 1.54) is 12.1 Å². The maximum atomic E-state index is 13.2. The number of nitrogens with zero attached hydrogens (tertiary/aromatic N) is 3. The van der Waals surface area contributed by atoms with E-state index < -0.39 is 22.1 Å². The van der Waals surface area contributed by atoms with Gasteiger partial charge in [-0.25, -0.2) is 4.79 Å². The second kappa shape index (κ2) is 8.19. The molecular formula is C23H17N3O5. The number of fused-ring (bicyclic) bond motifs is 1. The second-order valence-corrected chi connectivity index (χ2v) is 6.66. The Labute approximate surface area is 176 Å². The van der Waals surface area contributed by atoms with E-state index in [4.69, 9.17) is 4.74 Å². The molecule has 0 aliphatic rings. The third-order valence-corrected chi connectivity index (χ3v) is 4.76. The van der Waals surface area contributed by atoms with E-state index in [9.17, 15) is 19.7 Å². The van der Waals surface area contributed by atoms with E-state index in [0.29, 0.717) is 16.5 Å². The van der Waals surface area contributed by atoms with Crippen molar-refractivity contribution in [3.63, 3.8) is 0 Å². The fourth-order valence-corrected chi connectivity index (χ4v) is 3.35. The van der Waals surface area contributed by atoms with Crippen LogP contribution in [-0.2, 0) is 4.74 Å². The maximum Gasteiger partial charge on any atom is 0.338 e. The molecule has 0 radical (unpaired) electrons. The van der Waals surface area contributed by atoms with E-state index in [-0.39, 0.29) is 17.9 Å². The van der Waals surface area contributed by atoms with Crippen molar-refractivity contribution < 1.29 is 14.5 Å². The number of esters is 1. The van der Waals surface area contributed by atoms with Crippen LogP contribution in [0.1, 0.15) is 17.3 Å². The Morgan fingerprint density at radius 1 is 1.03 bits per heavy atom. The van der Waals surface area contributed by atoms with Gasteiger partial charge in [0, 0.05) is 17.0 Å². The predicted octanol–water partition coefficient (Wildman–Crippen LogP) is 4.14.